The number of rotatable bonds is 4. The van der Waals surface area contributed by atoms with Crippen molar-refractivity contribution in [2.45, 2.75) is 39.7 Å². The molecule has 0 fully saturated rings. The highest BCUT2D eigenvalue weighted by molar-refractivity contribution is 5.78. The van der Waals surface area contributed by atoms with Gasteiger partial charge in [0.1, 0.15) is 0 Å². The van der Waals surface area contributed by atoms with Crippen molar-refractivity contribution in [2.24, 2.45) is 5.92 Å². The molecule has 0 radical (unpaired) electrons. The minimum absolute atomic E-state index is 0.00209. The summed E-state index contributed by atoms with van der Waals surface area (Å²) in [5.41, 5.74) is 0. The smallest absolute Gasteiger partial charge is 0.222 e. The summed E-state index contributed by atoms with van der Waals surface area (Å²) in [6, 6.07) is 2.07. The topological polar surface area (TPSA) is 52.9 Å². The summed E-state index contributed by atoms with van der Waals surface area (Å²) in [6.07, 6.45) is 1.21. The van der Waals surface area contributed by atoms with E-state index in [2.05, 4.69) is 5.32 Å². The first-order valence-electron chi connectivity index (χ1n) is 4.29. The molecule has 0 aliphatic carbocycles. The second-order valence-electron chi connectivity index (χ2n) is 3.13. The summed E-state index contributed by atoms with van der Waals surface area (Å²) in [5.74, 6) is 0.0230. The lowest BCUT2D eigenvalue weighted by Gasteiger charge is -2.14. The molecule has 0 aliphatic rings. The summed E-state index contributed by atoms with van der Waals surface area (Å²) in [7, 11) is 0. The molecule has 1 unspecified atom stereocenters. The Morgan fingerprint density at radius 2 is 2.17 bits per heavy atom. The molecule has 3 nitrogen and oxygen atoms in total. The maximum absolute atomic E-state index is 11.2. The molecule has 0 aromatic heterocycles. The fourth-order valence-corrected chi connectivity index (χ4v) is 0.775. The van der Waals surface area contributed by atoms with Crippen molar-refractivity contribution in [1.82, 2.24) is 5.32 Å². The van der Waals surface area contributed by atoms with Gasteiger partial charge in [-0.05, 0) is 6.42 Å². The van der Waals surface area contributed by atoms with E-state index in [1.54, 1.807) is 0 Å². The zero-order valence-corrected chi connectivity index (χ0v) is 7.92. The highest BCUT2D eigenvalue weighted by Crippen LogP contribution is 1.99. The highest BCUT2D eigenvalue weighted by Gasteiger charge is 2.11. The summed E-state index contributed by atoms with van der Waals surface area (Å²) in [5, 5.41) is 11.2. The number of hydrogen-bond donors (Lipinski definition) is 1. The van der Waals surface area contributed by atoms with Gasteiger partial charge in [-0.25, -0.2) is 0 Å². The molecule has 0 saturated heterocycles. The van der Waals surface area contributed by atoms with Crippen LogP contribution >= 0.6 is 0 Å². The van der Waals surface area contributed by atoms with Gasteiger partial charge >= 0.3 is 0 Å². The van der Waals surface area contributed by atoms with Crippen molar-refractivity contribution in [3.8, 4) is 6.07 Å². The Labute approximate surface area is 73.8 Å². The van der Waals surface area contributed by atoms with Gasteiger partial charge < -0.3 is 5.32 Å². The van der Waals surface area contributed by atoms with Crippen LogP contribution in [0.2, 0.25) is 0 Å². The summed E-state index contributed by atoms with van der Waals surface area (Å²) < 4.78 is 0. The zero-order chi connectivity index (χ0) is 9.56. The Morgan fingerprint density at radius 1 is 1.58 bits per heavy atom. The maximum atomic E-state index is 11.2. The molecule has 1 N–H and O–H groups in total. The minimum atomic E-state index is -0.00209. The lowest BCUT2D eigenvalue weighted by Crippen LogP contribution is -2.36. The van der Waals surface area contributed by atoms with Crippen molar-refractivity contribution in [3.63, 3.8) is 0 Å². The van der Waals surface area contributed by atoms with E-state index in [1.807, 2.05) is 26.8 Å². The Morgan fingerprint density at radius 3 is 2.50 bits per heavy atom. The van der Waals surface area contributed by atoms with Crippen LogP contribution in [-0.4, -0.2) is 11.9 Å². The van der Waals surface area contributed by atoms with Crippen LogP contribution in [-0.2, 0) is 4.79 Å². The molecule has 0 aliphatic heterocycles. The molecule has 3 heteroatoms. The van der Waals surface area contributed by atoms with E-state index in [4.69, 9.17) is 5.26 Å². The molecule has 0 aromatic rings. The Kier molecular flexibility index (Phi) is 5.11. The van der Waals surface area contributed by atoms with Crippen LogP contribution in [0.4, 0.5) is 0 Å². The number of nitriles is 1. The average Bonchev–Trinajstić information content (AvgIpc) is 2.03. The highest BCUT2D eigenvalue weighted by atomic mass is 16.1. The number of carbonyl (C=O) groups excluding carboxylic acids is 1. The standard InChI is InChI=1S/C9H16N2O/c1-4-8(5-6-10)11-9(12)7(2)3/h7-8H,4-5H2,1-3H3,(H,11,12). The quantitative estimate of drug-likeness (QED) is 0.690. The maximum Gasteiger partial charge on any atom is 0.222 e. The van der Waals surface area contributed by atoms with E-state index in [0.29, 0.717) is 6.42 Å². The van der Waals surface area contributed by atoms with Gasteiger partial charge in [0.25, 0.3) is 0 Å². The van der Waals surface area contributed by atoms with Crippen LogP contribution in [0.5, 0.6) is 0 Å². The van der Waals surface area contributed by atoms with Gasteiger partial charge in [0.15, 0.2) is 0 Å². The van der Waals surface area contributed by atoms with Gasteiger partial charge in [-0.15, -0.1) is 0 Å². The lowest BCUT2D eigenvalue weighted by molar-refractivity contribution is -0.124. The van der Waals surface area contributed by atoms with Gasteiger partial charge in [0.2, 0.25) is 5.91 Å². The first kappa shape index (κ1) is 11.0. The third kappa shape index (κ3) is 3.97. The zero-order valence-electron chi connectivity index (χ0n) is 7.92. The molecular weight excluding hydrogens is 152 g/mol. The molecule has 0 bridgehead atoms. The molecule has 68 valence electrons. The Balaban J connectivity index is 3.87. The van der Waals surface area contributed by atoms with Gasteiger partial charge in [0, 0.05) is 12.0 Å². The monoisotopic (exact) mass is 168 g/mol. The van der Waals surface area contributed by atoms with Crippen LogP contribution < -0.4 is 5.32 Å². The fraction of sp³-hybridized carbons (Fsp3) is 0.778. The first-order chi connectivity index (χ1) is 5.61. The molecule has 1 amide bonds. The van der Waals surface area contributed by atoms with Crippen molar-refractivity contribution in [1.29, 1.82) is 5.26 Å². The summed E-state index contributed by atoms with van der Waals surface area (Å²) in [6.45, 7) is 5.64. The molecule has 0 heterocycles. The van der Waals surface area contributed by atoms with Crippen LogP contribution in [0.15, 0.2) is 0 Å². The fourth-order valence-electron chi connectivity index (χ4n) is 0.775. The van der Waals surface area contributed by atoms with Gasteiger partial charge in [-0.2, -0.15) is 5.26 Å². The average molecular weight is 168 g/mol. The number of hydrogen-bond acceptors (Lipinski definition) is 2. The Bertz CT molecular complexity index is 181. The second-order valence-corrected chi connectivity index (χ2v) is 3.13. The molecule has 1 atom stereocenters. The predicted octanol–water partition coefficient (Wildman–Crippen LogP) is 1.45. The minimum Gasteiger partial charge on any atom is -0.352 e. The molecular formula is C9H16N2O. The van der Waals surface area contributed by atoms with E-state index in [9.17, 15) is 4.79 Å². The SMILES string of the molecule is CCC(CC#N)NC(=O)C(C)C. The van der Waals surface area contributed by atoms with E-state index >= 15 is 0 Å². The van der Waals surface area contributed by atoms with E-state index in [-0.39, 0.29) is 17.9 Å². The van der Waals surface area contributed by atoms with Crippen molar-refractivity contribution in [2.75, 3.05) is 0 Å². The van der Waals surface area contributed by atoms with Crippen LogP contribution in [0.25, 0.3) is 0 Å². The molecule has 0 aromatic carbocycles. The van der Waals surface area contributed by atoms with Crippen molar-refractivity contribution >= 4 is 5.91 Å². The van der Waals surface area contributed by atoms with Gasteiger partial charge in [-0.1, -0.05) is 20.8 Å². The third-order valence-electron chi connectivity index (χ3n) is 1.70. The molecule has 0 rings (SSSR count). The normalized spacial score (nSPS) is 12.2. The van der Waals surface area contributed by atoms with Crippen LogP contribution in [0.3, 0.4) is 0 Å². The molecule has 0 saturated carbocycles. The third-order valence-corrected chi connectivity index (χ3v) is 1.70. The summed E-state index contributed by atoms with van der Waals surface area (Å²) in [4.78, 5) is 11.2. The largest absolute Gasteiger partial charge is 0.352 e. The first-order valence-corrected chi connectivity index (χ1v) is 4.29. The summed E-state index contributed by atoms with van der Waals surface area (Å²) >= 11 is 0. The van der Waals surface area contributed by atoms with E-state index in [0.717, 1.165) is 6.42 Å². The van der Waals surface area contributed by atoms with E-state index in [1.165, 1.54) is 0 Å². The van der Waals surface area contributed by atoms with Gasteiger partial charge in [-0.3, -0.25) is 4.79 Å². The predicted molar refractivity (Wildman–Crippen MR) is 47.3 cm³/mol. The molecule has 12 heavy (non-hydrogen) atoms. The van der Waals surface area contributed by atoms with Crippen LogP contribution in [0, 0.1) is 17.2 Å². The van der Waals surface area contributed by atoms with Gasteiger partial charge in [0.05, 0.1) is 12.5 Å². The van der Waals surface area contributed by atoms with Crippen molar-refractivity contribution in [3.05, 3.63) is 0 Å². The van der Waals surface area contributed by atoms with E-state index < -0.39 is 0 Å². The van der Waals surface area contributed by atoms with Crippen LogP contribution in [0.1, 0.15) is 33.6 Å². The van der Waals surface area contributed by atoms with Crippen molar-refractivity contribution < 1.29 is 4.79 Å². The second kappa shape index (κ2) is 5.59. The lowest BCUT2D eigenvalue weighted by atomic mass is 10.1. The number of nitrogens with zero attached hydrogens (tertiary/aromatic N) is 1. The number of carbonyl (C=O) groups is 1. The Hall–Kier alpha value is -1.04. The molecule has 0 spiro atoms. The number of amides is 1. The number of nitrogens with one attached hydrogen (secondary N) is 1.